The maximum atomic E-state index is 16.3. The number of benzene rings is 3. The fourth-order valence-electron chi connectivity index (χ4n) is 9.45. The molecule has 4 fully saturated rings. The predicted molar refractivity (Wildman–Crippen MR) is 226 cm³/mol. The number of aromatic nitrogens is 3. The molecule has 4 amide bonds. The smallest absolute Gasteiger partial charge is 0.328 e. The molecule has 0 unspecified atom stereocenters. The number of nitrogens with one attached hydrogen (secondary N) is 1. The lowest BCUT2D eigenvalue weighted by Crippen LogP contribution is -2.51. The molecule has 0 saturated carbocycles. The Balaban J connectivity index is 0.781. The first-order valence-electron chi connectivity index (χ1n) is 20.9. The van der Waals surface area contributed by atoms with Crippen LogP contribution in [0.5, 0.6) is 5.75 Å². The highest BCUT2D eigenvalue weighted by molar-refractivity contribution is 6.06. The van der Waals surface area contributed by atoms with E-state index >= 15 is 13.2 Å². The molecule has 6 heterocycles. The van der Waals surface area contributed by atoms with Gasteiger partial charge in [-0.25, -0.2) is 18.0 Å². The van der Waals surface area contributed by atoms with E-state index in [9.17, 15) is 19.5 Å². The molecule has 4 aliphatic heterocycles. The van der Waals surface area contributed by atoms with Crippen molar-refractivity contribution in [2.24, 2.45) is 0 Å². The number of anilines is 3. The Kier molecular flexibility index (Phi) is 10.6. The second kappa shape index (κ2) is 16.0. The lowest BCUT2D eigenvalue weighted by molar-refractivity contribution is -0.120. The van der Waals surface area contributed by atoms with Crippen molar-refractivity contribution in [3.05, 3.63) is 96.2 Å². The van der Waals surface area contributed by atoms with Crippen LogP contribution in [0.1, 0.15) is 66.4 Å². The monoisotopic (exact) mass is 835 g/mol. The molecule has 1 atom stereocenters. The number of halogens is 3. The standard InChI is InChI=1S/C45H48F3N9O4/c46-44(28-53-18-12-32(13-19-53)56-20-11-31-25-33(9-10-37(31)56)57-21-14-40(59)50-43(57)61)15-22-54(23-16-44)42(60)30-7-5-29(6-8-30)35-27-55(24-17-45(35,47)48)38-26-36(51-52-41(38)49)34-3-1-2-4-39(34)58/h1-11,20,25-26,32,35,58H,12-19,21-24,27-28H2,(H2,49,52)(H,50,59,61)/t35-/m0/s1. The number of phenolic OH excluding ortho intramolecular Hbond substituents is 1. The molecule has 2 aromatic heterocycles. The van der Waals surface area contributed by atoms with Crippen LogP contribution in [0.4, 0.5) is 35.2 Å². The van der Waals surface area contributed by atoms with Gasteiger partial charge in [0.05, 0.1) is 17.3 Å². The van der Waals surface area contributed by atoms with E-state index in [2.05, 4.69) is 31.2 Å². The summed E-state index contributed by atoms with van der Waals surface area (Å²) in [5, 5.41) is 21.9. The van der Waals surface area contributed by atoms with Gasteiger partial charge in [-0.2, -0.15) is 0 Å². The summed E-state index contributed by atoms with van der Waals surface area (Å²) in [6.45, 7) is 2.66. The molecule has 4 N–H and O–H groups in total. The molecular weight excluding hydrogens is 788 g/mol. The Morgan fingerprint density at radius 1 is 0.869 bits per heavy atom. The quantitative estimate of drug-likeness (QED) is 0.154. The number of urea groups is 1. The van der Waals surface area contributed by atoms with E-state index < -0.39 is 30.0 Å². The lowest BCUT2D eigenvalue weighted by Gasteiger charge is -2.41. The zero-order valence-corrected chi connectivity index (χ0v) is 33.7. The highest BCUT2D eigenvalue weighted by atomic mass is 19.3. The summed E-state index contributed by atoms with van der Waals surface area (Å²) in [5.41, 5.74) is 8.60. The van der Waals surface area contributed by atoms with Crippen LogP contribution >= 0.6 is 0 Å². The first-order chi connectivity index (χ1) is 29.3. The van der Waals surface area contributed by atoms with Gasteiger partial charge in [-0.05, 0) is 73.0 Å². The third-order valence-electron chi connectivity index (χ3n) is 13.0. The number of hydrogen-bond acceptors (Lipinski definition) is 9. The third kappa shape index (κ3) is 8.08. The topological polar surface area (TPSA) is 153 Å². The number of carbonyl (C=O) groups is 3. The molecule has 13 nitrogen and oxygen atoms in total. The highest BCUT2D eigenvalue weighted by Crippen LogP contribution is 2.43. The minimum atomic E-state index is -3.01. The van der Waals surface area contributed by atoms with Crippen LogP contribution in [0.2, 0.25) is 0 Å². The van der Waals surface area contributed by atoms with Gasteiger partial charge >= 0.3 is 6.03 Å². The van der Waals surface area contributed by atoms with Crippen LogP contribution in [-0.2, 0) is 4.79 Å². The number of alkyl halides is 3. The number of phenols is 1. The number of piperidine rings is 3. The van der Waals surface area contributed by atoms with E-state index in [1.807, 2.05) is 24.3 Å². The molecule has 0 bridgehead atoms. The first-order valence-corrected chi connectivity index (χ1v) is 20.9. The van der Waals surface area contributed by atoms with Crippen molar-refractivity contribution in [1.29, 1.82) is 0 Å². The number of hydrogen-bond donors (Lipinski definition) is 3. The normalized spacial score (nSPS) is 21.2. The lowest BCUT2D eigenvalue weighted by atomic mass is 9.86. The van der Waals surface area contributed by atoms with Gasteiger partial charge in [-0.15, -0.1) is 10.2 Å². The fourth-order valence-corrected chi connectivity index (χ4v) is 9.45. The third-order valence-corrected chi connectivity index (χ3v) is 13.0. The zero-order chi connectivity index (χ0) is 42.5. The summed E-state index contributed by atoms with van der Waals surface area (Å²) in [7, 11) is 0. The molecule has 3 aromatic carbocycles. The van der Waals surface area contributed by atoms with Crippen LogP contribution in [0.25, 0.3) is 22.2 Å². The number of rotatable bonds is 8. The Morgan fingerprint density at radius 3 is 2.36 bits per heavy atom. The second-order valence-corrected chi connectivity index (χ2v) is 16.8. The summed E-state index contributed by atoms with van der Waals surface area (Å²) < 4.78 is 49.6. The van der Waals surface area contributed by atoms with E-state index in [4.69, 9.17) is 5.73 Å². The number of nitrogen functional groups attached to an aromatic ring is 1. The fraction of sp³-hybridized carbons (Fsp3) is 0.400. The van der Waals surface area contributed by atoms with E-state index in [-0.39, 0.29) is 74.9 Å². The SMILES string of the molecule is Nc1nnc(-c2ccccc2O)cc1N1CCC(F)(F)[C@H](c2ccc(C(=O)N3CCC(F)(CN4CCC(n5ccc6cc(N7CCC(=O)NC7=O)ccc65)CC4)CC3)cc2)C1. The summed E-state index contributed by atoms with van der Waals surface area (Å²) in [4.78, 5) is 44.7. The van der Waals surface area contributed by atoms with Crippen molar-refractivity contribution >= 4 is 45.9 Å². The summed E-state index contributed by atoms with van der Waals surface area (Å²) in [6.07, 6.45) is 4.07. The molecule has 318 valence electrons. The van der Waals surface area contributed by atoms with E-state index in [0.29, 0.717) is 41.2 Å². The number of nitrogens with two attached hydrogens (primary N) is 1. The van der Waals surface area contributed by atoms with Crippen molar-refractivity contribution in [1.82, 2.24) is 29.9 Å². The Hall–Kier alpha value is -6.16. The van der Waals surface area contributed by atoms with Gasteiger partial charge in [-0.3, -0.25) is 19.8 Å². The molecule has 5 aromatic rings. The van der Waals surface area contributed by atoms with Crippen LogP contribution in [0, 0.1) is 0 Å². The largest absolute Gasteiger partial charge is 0.507 e. The molecule has 4 saturated heterocycles. The summed E-state index contributed by atoms with van der Waals surface area (Å²) in [6, 6.07) is 22.4. The molecule has 0 spiro atoms. The van der Waals surface area contributed by atoms with Gasteiger partial charge in [0.1, 0.15) is 11.4 Å². The first kappa shape index (κ1) is 40.3. The minimum absolute atomic E-state index is 0.0139. The number of fused-ring (bicyclic) bond motifs is 1. The van der Waals surface area contributed by atoms with Crippen LogP contribution in [-0.4, -0.2) is 111 Å². The zero-order valence-electron chi connectivity index (χ0n) is 33.7. The molecule has 61 heavy (non-hydrogen) atoms. The number of nitrogens with zero attached hydrogens (tertiary/aromatic N) is 7. The van der Waals surface area contributed by atoms with E-state index in [1.54, 1.807) is 63.2 Å². The maximum Gasteiger partial charge on any atom is 0.328 e. The average molecular weight is 836 g/mol. The van der Waals surface area contributed by atoms with Gasteiger partial charge in [-0.1, -0.05) is 24.3 Å². The van der Waals surface area contributed by atoms with Gasteiger partial charge in [0.2, 0.25) is 5.91 Å². The number of likely N-dealkylation sites (tertiary alicyclic amines) is 2. The molecule has 0 aliphatic carbocycles. The van der Waals surface area contributed by atoms with Crippen LogP contribution in [0.15, 0.2) is 85.1 Å². The van der Waals surface area contributed by atoms with E-state index in [1.165, 1.54) is 6.07 Å². The predicted octanol–water partition coefficient (Wildman–Crippen LogP) is 6.74. The summed E-state index contributed by atoms with van der Waals surface area (Å²) in [5.74, 6) is -4.60. The molecule has 9 rings (SSSR count). The average Bonchev–Trinajstić information content (AvgIpc) is 3.68. The molecule has 16 heteroatoms. The van der Waals surface area contributed by atoms with Gasteiger partial charge in [0, 0.05) is 118 Å². The van der Waals surface area contributed by atoms with Crippen LogP contribution < -0.4 is 20.9 Å². The van der Waals surface area contributed by atoms with Crippen molar-refractivity contribution in [2.75, 3.05) is 67.9 Å². The van der Waals surface area contributed by atoms with Crippen molar-refractivity contribution < 1.29 is 32.7 Å². The number of amides is 4. The van der Waals surface area contributed by atoms with E-state index in [0.717, 1.165) is 42.5 Å². The van der Waals surface area contributed by atoms with Crippen molar-refractivity contribution in [3.8, 4) is 17.0 Å². The highest BCUT2D eigenvalue weighted by Gasteiger charge is 2.46. The second-order valence-electron chi connectivity index (χ2n) is 16.8. The Bertz CT molecular complexity index is 2460. The van der Waals surface area contributed by atoms with Gasteiger partial charge in [0.25, 0.3) is 11.8 Å². The molecule has 4 aliphatic rings. The number of carbonyl (C=O) groups excluding carboxylic acids is 3. The maximum absolute atomic E-state index is 16.3. The van der Waals surface area contributed by atoms with Crippen molar-refractivity contribution in [2.45, 2.75) is 62.1 Å². The van der Waals surface area contributed by atoms with Gasteiger partial charge in [0.15, 0.2) is 5.82 Å². The summed E-state index contributed by atoms with van der Waals surface area (Å²) >= 11 is 0. The van der Waals surface area contributed by atoms with Crippen molar-refractivity contribution in [3.63, 3.8) is 0 Å². The Morgan fingerprint density at radius 2 is 1.62 bits per heavy atom. The minimum Gasteiger partial charge on any atom is -0.507 e. The number of imide groups is 1. The Labute approximate surface area is 350 Å². The van der Waals surface area contributed by atoms with Gasteiger partial charge < -0.3 is 30.1 Å². The molecule has 0 radical (unpaired) electrons. The molecular formula is C45H48F3N9O4. The van der Waals surface area contributed by atoms with Crippen LogP contribution in [0.3, 0.4) is 0 Å². The number of para-hydroxylation sites is 1. The number of aromatic hydroxyl groups is 1.